The van der Waals surface area contributed by atoms with E-state index in [0.717, 1.165) is 5.56 Å². The molecular formula is C18H15N3O3. The van der Waals surface area contributed by atoms with E-state index >= 15 is 0 Å². The fourth-order valence-corrected chi connectivity index (χ4v) is 2.43. The van der Waals surface area contributed by atoms with Gasteiger partial charge in [-0.15, -0.1) is 0 Å². The molecule has 0 aliphatic rings. The molecule has 3 aromatic rings. The molecule has 0 aliphatic carbocycles. The Hall–Kier alpha value is -3.33. The molecule has 0 atom stereocenters. The van der Waals surface area contributed by atoms with Gasteiger partial charge in [0.25, 0.3) is 0 Å². The number of hydrogen-bond acceptors (Lipinski definition) is 4. The highest BCUT2D eigenvalue weighted by Crippen LogP contribution is 2.12. The quantitative estimate of drug-likeness (QED) is 0.780. The summed E-state index contributed by atoms with van der Waals surface area (Å²) in [6, 6.07) is 16.2. The monoisotopic (exact) mass is 321 g/mol. The summed E-state index contributed by atoms with van der Waals surface area (Å²) in [5.41, 5.74) is 2.69. The van der Waals surface area contributed by atoms with E-state index in [4.69, 9.17) is 9.68 Å². The summed E-state index contributed by atoms with van der Waals surface area (Å²) in [5.74, 6) is -0.618. The van der Waals surface area contributed by atoms with Gasteiger partial charge in [0.05, 0.1) is 17.1 Å². The molecule has 0 saturated heterocycles. The van der Waals surface area contributed by atoms with Crippen molar-refractivity contribution in [3.8, 4) is 6.07 Å². The van der Waals surface area contributed by atoms with Crippen LogP contribution in [0.1, 0.15) is 17.5 Å². The van der Waals surface area contributed by atoms with Gasteiger partial charge in [0.2, 0.25) is 5.91 Å². The van der Waals surface area contributed by atoms with Gasteiger partial charge < -0.3 is 9.73 Å². The van der Waals surface area contributed by atoms with Crippen molar-refractivity contribution in [3.63, 3.8) is 0 Å². The smallest absolute Gasteiger partial charge is 0.408 e. The van der Waals surface area contributed by atoms with E-state index < -0.39 is 5.76 Å². The molecule has 1 aromatic heterocycles. The number of rotatable bonds is 5. The molecule has 6 nitrogen and oxygen atoms in total. The van der Waals surface area contributed by atoms with E-state index in [1.807, 2.05) is 12.1 Å². The first-order valence-electron chi connectivity index (χ1n) is 7.51. The molecule has 120 valence electrons. The predicted octanol–water partition coefficient (Wildman–Crippen LogP) is 2.17. The first kappa shape index (κ1) is 15.6. The zero-order chi connectivity index (χ0) is 16.9. The summed E-state index contributed by atoms with van der Waals surface area (Å²) >= 11 is 0. The number of nitrogens with zero attached hydrogens (tertiary/aromatic N) is 2. The van der Waals surface area contributed by atoms with Crippen LogP contribution in [0.3, 0.4) is 0 Å². The number of benzene rings is 2. The van der Waals surface area contributed by atoms with Gasteiger partial charge in [-0.2, -0.15) is 5.26 Å². The summed E-state index contributed by atoms with van der Waals surface area (Å²) in [4.78, 5) is 23.8. The van der Waals surface area contributed by atoms with Crippen LogP contribution in [-0.4, -0.2) is 10.5 Å². The second-order valence-corrected chi connectivity index (χ2v) is 5.32. The number of nitrogens with one attached hydrogen (secondary N) is 1. The molecule has 1 amide bonds. The largest absolute Gasteiger partial charge is 0.419 e. The second-order valence-electron chi connectivity index (χ2n) is 5.32. The molecule has 0 saturated carbocycles. The predicted molar refractivity (Wildman–Crippen MR) is 88.1 cm³/mol. The molecule has 0 unspecified atom stereocenters. The minimum atomic E-state index is -0.462. The summed E-state index contributed by atoms with van der Waals surface area (Å²) in [7, 11) is 0. The van der Waals surface area contributed by atoms with Crippen LogP contribution in [-0.2, 0) is 17.9 Å². The third kappa shape index (κ3) is 3.36. The molecule has 0 radical (unpaired) electrons. The minimum absolute atomic E-state index is 0.156. The summed E-state index contributed by atoms with van der Waals surface area (Å²) < 4.78 is 6.59. The van der Waals surface area contributed by atoms with E-state index in [0.29, 0.717) is 23.2 Å². The Bertz CT molecular complexity index is 962. The third-order valence-electron chi connectivity index (χ3n) is 3.71. The number of aryl methyl sites for hydroxylation is 1. The third-order valence-corrected chi connectivity index (χ3v) is 3.71. The van der Waals surface area contributed by atoms with E-state index in [1.165, 1.54) is 4.57 Å². The molecule has 1 heterocycles. The van der Waals surface area contributed by atoms with E-state index in [9.17, 15) is 9.59 Å². The van der Waals surface area contributed by atoms with Gasteiger partial charge in [-0.05, 0) is 29.8 Å². The number of para-hydroxylation sites is 2. The zero-order valence-electron chi connectivity index (χ0n) is 12.9. The van der Waals surface area contributed by atoms with Crippen molar-refractivity contribution in [3.05, 3.63) is 70.2 Å². The van der Waals surface area contributed by atoms with Crippen molar-refractivity contribution >= 4 is 17.0 Å². The van der Waals surface area contributed by atoms with Crippen LogP contribution < -0.4 is 11.1 Å². The van der Waals surface area contributed by atoms with Crippen molar-refractivity contribution in [1.29, 1.82) is 5.26 Å². The molecule has 0 bridgehead atoms. The van der Waals surface area contributed by atoms with Crippen molar-refractivity contribution in [2.24, 2.45) is 0 Å². The Balaban J connectivity index is 1.58. The maximum atomic E-state index is 12.0. The van der Waals surface area contributed by atoms with Crippen LogP contribution in [0.25, 0.3) is 11.1 Å². The Kier molecular flexibility index (Phi) is 4.43. The van der Waals surface area contributed by atoms with Crippen LogP contribution in [0.4, 0.5) is 0 Å². The molecule has 0 spiro atoms. The molecule has 0 aliphatic heterocycles. The van der Waals surface area contributed by atoms with Gasteiger partial charge in [-0.3, -0.25) is 9.36 Å². The Morgan fingerprint density at radius 2 is 1.92 bits per heavy atom. The highest BCUT2D eigenvalue weighted by molar-refractivity contribution is 5.76. The highest BCUT2D eigenvalue weighted by Gasteiger charge is 2.10. The van der Waals surface area contributed by atoms with Gasteiger partial charge in [0.1, 0.15) is 0 Å². The van der Waals surface area contributed by atoms with Crippen molar-refractivity contribution in [2.45, 2.75) is 19.5 Å². The first-order valence-corrected chi connectivity index (χ1v) is 7.51. The fourth-order valence-electron chi connectivity index (χ4n) is 2.43. The van der Waals surface area contributed by atoms with Crippen LogP contribution in [0.15, 0.2) is 57.7 Å². The molecule has 3 rings (SSSR count). The molecular weight excluding hydrogens is 306 g/mol. The van der Waals surface area contributed by atoms with E-state index in [-0.39, 0.29) is 18.9 Å². The van der Waals surface area contributed by atoms with Gasteiger partial charge in [0, 0.05) is 19.5 Å². The summed E-state index contributed by atoms with van der Waals surface area (Å²) in [6.07, 6.45) is 0.180. The number of amides is 1. The number of hydrogen-bond donors (Lipinski definition) is 1. The van der Waals surface area contributed by atoms with Crippen LogP contribution in [0, 0.1) is 11.3 Å². The number of carbonyl (C=O) groups excluding carboxylic acids is 1. The topological polar surface area (TPSA) is 88.0 Å². The van der Waals surface area contributed by atoms with Crippen molar-refractivity contribution < 1.29 is 9.21 Å². The Labute approximate surface area is 137 Å². The minimum Gasteiger partial charge on any atom is -0.408 e. The standard InChI is InChI=1S/C18H15N3O3/c19-11-13-5-7-14(8-6-13)12-20-17(22)9-10-21-15-3-1-2-4-16(15)24-18(21)23/h1-8H,9-10,12H2,(H,20,22). The maximum Gasteiger partial charge on any atom is 0.419 e. The number of carbonyl (C=O) groups is 1. The summed E-state index contributed by atoms with van der Waals surface area (Å²) in [6.45, 7) is 0.640. The Morgan fingerprint density at radius 3 is 2.67 bits per heavy atom. The zero-order valence-corrected chi connectivity index (χ0v) is 12.9. The Morgan fingerprint density at radius 1 is 1.17 bits per heavy atom. The maximum absolute atomic E-state index is 12.0. The van der Waals surface area contributed by atoms with Crippen LogP contribution in [0.5, 0.6) is 0 Å². The molecule has 1 N–H and O–H groups in total. The lowest BCUT2D eigenvalue weighted by Crippen LogP contribution is -2.25. The number of nitriles is 1. The van der Waals surface area contributed by atoms with E-state index in [2.05, 4.69) is 5.32 Å². The normalized spacial score (nSPS) is 10.5. The highest BCUT2D eigenvalue weighted by atomic mass is 16.4. The average molecular weight is 321 g/mol. The molecule has 24 heavy (non-hydrogen) atoms. The fraction of sp³-hybridized carbons (Fsp3) is 0.167. The van der Waals surface area contributed by atoms with Crippen molar-refractivity contribution in [1.82, 2.24) is 9.88 Å². The number of aromatic nitrogens is 1. The number of oxazole rings is 1. The van der Waals surface area contributed by atoms with Crippen LogP contribution in [0.2, 0.25) is 0 Å². The lowest BCUT2D eigenvalue weighted by atomic mass is 10.1. The van der Waals surface area contributed by atoms with Gasteiger partial charge in [-0.25, -0.2) is 4.79 Å². The van der Waals surface area contributed by atoms with E-state index in [1.54, 1.807) is 42.5 Å². The van der Waals surface area contributed by atoms with Gasteiger partial charge in [-0.1, -0.05) is 24.3 Å². The lowest BCUT2D eigenvalue weighted by Gasteiger charge is -2.06. The molecule has 6 heteroatoms. The second kappa shape index (κ2) is 6.84. The lowest BCUT2D eigenvalue weighted by molar-refractivity contribution is -0.121. The SMILES string of the molecule is N#Cc1ccc(CNC(=O)CCn2c(=O)oc3ccccc32)cc1. The molecule has 2 aromatic carbocycles. The number of fused-ring (bicyclic) bond motifs is 1. The van der Waals surface area contributed by atoms with Crippen LogP contribution >= 0.6 is 0 Å². The van der Waals surface area contributed by atoms with Crippen molar-refractivity contribution in [2.75, 3.05) is 0 Å². The molecule has 0 fully saturated rings. The average Bonchev–Trinajstić information content (AvgIpc) is 2.93. The van der Waals surface area contributed by atoms with Gasteiger partial charge in [0.15, 0.2) is 5.58 Å². The first-order chi connectivity index (χ1) is 11.7. The summed E-state index contributed by atoms with van der Waals surface area (Å²) in [5, 5.41) is 11.5. The van der Waals surface area contributed by atoms with Gasteiger partial charge >= 0.3 is 5.76 Å².